The van der Waals surface area contributed by atoms with Crippen molar-refractivity contribution in [2.45, 2.75) is 46.2 Å². The van der Waals surface area contributed by atoms with Gasteiger partial charge in [-0.2, -0.15) is 0 Å². The van der Waals surface area contributed by atoms with Gasteiger partial charge in [-0.1, -0.05) is 6.07 Å². The van der Waals surface area contributed by atoms with Crippen molar-refractivity contribution < 1.29 is 13.9 Å². The largest absolute Gasteiger partial charge is 0.494 e. The maximum atomic E-state index is 13.9. The lowest BCUT2D eigenvalue weighted by Crippen LogP contribution is -2.51. The molecule has 1 saturated heterocycles. The summed E-state index contributed by atoms with van der Waals surface area (Å²) in [5.74, 6) is 0.687. The van der Waals surface area contributed by atoms with Gasteiger partial charge >= 0.3 is 0 Å². The molecule has 1 aromatic carbocycles. The van der Waals surface area contributed by atoms with E-state index in [-0.39, 0.29) is 17.5 Å². The number of rotatable bonds is 8. The van der Waals surface area contributed by atoms with Gasteiger partial charge in [0, 0.05) is 45.8 Å². The van der Waals surface area contributed by atoms with E-state index < -0.39 is 5.41 Å². The number of amides is 1. The molecule has 1 aliphatic rings. The Morgan fingerprint density at radius 2 is 2.00 bits per heavy atom. The maximum Gasteiger partial charge on any atom is 0.227 e. The van der Waals surface area contributed by atoms with Crippen LogP contribution in [0.1, 0.15) is 39.2 Å². The monoisotopic (exact) mass is 421 g/mol. The van der Waals surface area contributed by atoms with Crippen molar-refractivity contribution in [3.05, 3.63) is 29.6 Å². The molecule has 3 N–H and O–H groups in total. The minimum absolute atomic E-state index is 0.0243. The quantitative estimate of drug-likeness (QED) is 0.443. The third-order valence-corrected chi connectivity index (χ3v) is 5.42. The van der Waals surface area contributed by atoms with Crippen LogP contribution in [-0.4, -0.2) is 63.1 Å². The highest BCUT2D eigenvalue weighted by atomic mass is 19.1. The number of nitrogens with one attached hydrogen (secondary N) is 3. The van der Waals surface area contributed by atoms with Crippen molar-refractivity contribution in [1.29, 1.82) is 0 Å². The molecule has 0 aliphatic carbocycles. The summed E-state index contributed by atoms with van der Waals surface area (Å²) in [7, 11) is 3.21. The second-order valence-corrected chi connectivity index (χ2v) is 8.33. The molecule has 0 spiro atoms. The summed E-state index contributed by atoms with van der Waals surface area (Å²) in [6.45, 7) is 9.44. The Labute approximate surface area is 179 Å². The third kappa shape index (κ3) is 6.86. The van der Waals surface area contributed by atoms with Crippen molar-refractivity contribution >= 4 is 11.9 Å². The molecule has 1 amide bonds. The number of ether oxygens (including phenoxy) is 1. The number of hydrogen-bond donors (Lipinski definition) is 3. The zero-order chi connectivity index (χ0) is 22.1. The summed E-state index contributed by atoms with van der Waals surface area (Å²) in [4.78, 5) is 18.8. The fraction of sp³-hybridized carbons (Fsp3) is 0.636. The first-order chi connectivity index (χ1) is 14.3. The summed E-state index contributed by atoms with van der Waals surface area (Å²) in [6.07, 6.45) is 1.94. The van der Waals surface area contributed by atoms with E-state index in [1.807, 2.05) is 26.8 Å². The molecule has 7 nitrogen and oxygen atoms in total. The van der Waals surface area contributed by atoms with Crippen molar-refractivity contribution in [3.8, 4) is 5.75 Å². The Morgan fingerprint density at radius 1 is 1.30 bits per heavy atom. The van der Waals surface area contributed by atoms with Crippen LogP contribution in [0.15, 0.2) is 23.2 Å². The number of likely N-dealkylation sites (tertiary alicyclic amines) is 1. The number of piperidine rings is 1. The van der Waals surface area contributed by atoms with Crippen LogP contribution in [0.4, 0.5) is 4.39 Å². The summed E-state index contributed by atoms with van der Waals surface area (Å²) in [5, 5.41) is 9.61. The summed E-state index contributed by atoms with van der Waals surface area (Å²) in [6, 6.07) is 5.45. The first-order valence-electron chi connectivity index (χ1n) is 10.6. The molecule has 1 aliphatic heterocycles. The highest BCUT2D eigenvalue weighted by molar-refractivity contribution is 5.84. The van der Waals surface area contributed by atoms with E-state index in [2.05, 4.69) is 25.8 Å². The average molecular weight is 422 g/mol. The van der Waals surface area contributed by atoms with Gasteiger partial charge in [0.1, 0.15) is 0 Å². The highest BCUT2D eigenvalue weighted by Gasteiger charge is 2.28. The van der Waals surface area contributed by atoms with Gasteiger partial charge < -0.3 is 20.7 Å². The molecule has 0 aromatic heterocycles. The Hall–Kier alpha value is -2.35. The second-order valence-electron chi connectivity index (χ2n) is 8.33. The van der Waals surface area contributed by atoms with Crippen LogP contribution in [0.25, 0.3) is 0 Å². The molecule has 1 aromatic rings. The van der Waals surface area contributed by atoms with Gasteiger partial charge in [0.05, 0.1) is 12.5 Å². The molecule has 1 fully saturated rings. The topological polar surface area (TPSA) is 78.0 Å². The summed E-state index contributed by atoms with van der Waals surface area (Å²) < 4.78 is 18.9. The lowest BCUT2D eigenvalue weighted by atomic mass is 9.92. The second kappa shape index (κ2) is 11.2. The minimum Gasteiger partial charge on any atom is -0.494 e. The number of methoxy groups -OCH3 is 1. The predicted octanol–water partition coefficient (Wildman–Crippen LogP) is 2.13. The van der Waals surface area contributed by atoms with E-state index in [0.717, 1.165) is 38.0 Å². The Bertz CT molecular complexity index is 730. The fourth-order valence-corrected chi connectivity index (χ4v) is 3.47. The van der Waals surface area contributed by atoms with Crippen molar-refractivity contribution in [2.24, 2.45) is 10.4 Å². The van der Waals surface area contributed by atoms with Crippen LogP contribution in [0, 0.1) is 11.2 Å². The van der Waals surface area contributed by atoms with Crippen LogP contribution in [0.2, 0.25) is 0 Å². The number of guanidine groups is 1. The van der Waals surface area contributed by atoms with Gasteiger partial charge in [-0.15, -0.1) is 0 Å². The first kappa shape index (κ1) is 23.9. The first-order valence-corrected chi connectivity index (χ1v) is 10.6. The number of carbonyl (C=O) groups is 1. The van der Waals surface area contributed by atoms with E-state index in [4.69, 9.17) is 4.74 Å². The number of halogens is 1. The SMILES string of the molecule is CCNC(=O)C(C)(C)CNC(=NC)NC1CCN(Cc2ccc(OC)c(F)c2)CC1. The molecule has 168 valence electrons. The molecule has 1 heterocycles. The third-order valence-electron chi connectivity index (χ3n) is 5.42. The van der Waals surface area contributed by atoms with Gasteiger partial charge in [0.25, 0.3) is 0 Å². The number of benzene rings is 1. The van der Waals surface area contributed by atoms with Crippen LogP contribution in [0.3, 0.4) is 0 Å². The van der Waals surface area contributed by atoms with Crippen LogP contribution in [-0.2, 0) is 11.3 Å². The molecule has 8 heteroatoms. The van der Waals surface area contributed by atoms with Gasteiger partial charge in [-0.05, 0) is 51.3 Å². The fourth-order valence-electron chi connectivity index (χ4n) is 3.47. The molecule has 0 radical (unpaired) electrons. The van der Waals surface area contributed by atoms with Gasteiger partial charge in [-0.25, -0.2) is 4.39 Å². The van der Waals surface area contributed by atoms with Crippen LogP contribution in [0.5, 0.6) is 5.75 Å². The zero-order valence-electron chi connectivity index (χ0n) is 18.8. The molecule has 0 bridgehead atoms. The smallest absolute Gasteiger partial charge is 0.227 e. The number of nitrogens with zero attached hydrogens (tertiary/aromatic N) is 2. The van der Waals surface area contributed by atoms with Crippen LogP contribution >= 0.6 is 0 Å². The Kier molecular flexibility index (Phi) is 8.89. The van der Waals surface area contributed by atoms with Gasteiger partial charge in [0.2, 0.25) is 5.91 Å². The summed E-state index contributed by atoms with van der Waals surface area (Å²) >= 11 is 0. The molecule has 0 unspecified atom stereocenters. The molecular formula is C22H36FN5O2. The lowest BCUT2D eigenvalue weighted by Gasteiger charge is -2.33. The van der Waals surface area contributed by atoms with Gasteiger partial charge in [0.15, 0.2) is 17.5 Å². The van der Waals surface area contributed by atoms with Gasteiger partial charge in [-0.3, -0.25) is 14.7 Å². The van der Waals surface area contributed by atoms with E-state index in [1.165, 1.54) is 7.11 Å². The number of carbonyl (C=O) groups excluding carboxylic acids is 1. The molecular weight excluding hydrogens is 385 g/mol. The van der Waals surface area contributed by atoms with Crippen molar-refractivity contribution in [2.75, 3.05) is 40.3 Å². The van der Waals surface area contributed by atoms with E-state index in [1.54, 1.807) is 19.2 Å². The molecule has 0 atom stereocenters. The molecule has 0 saturated carbocycles. The Morgan fingerprint density at radius 3 is 2.57 bits per heavy atom. The zero-order valence-corrected chi connectivity index (χ0v) is 18.8. The maximum absolute atomic E-state index is 13.9. The Balaban J connectivity index is 1.79. The van der Waals surface area contributed by atoms with Crippen molar-refractivity contribution in [1.82, 2.24) is 20.9 Å². The minimum atomic E-state index is -0.523. The summed E-state index contributed by atoms with van der Waals surface area (Å²) in [5.41, 5.74) is 0.426. The molecule has 2 rings (SSSR count). The van der Waals surface area contributed by atoms with E-state index in [9.17, 15) is 9.18 Å². The highest BCUT2D eigenvalue weighted by Crippen LogP contribution is 2.20. The number of hydrogen-bond acceptors (Lipinski definition) is 4. The number of aliphatic imine (C=N–C) groups is 1. The van der Waals surface area contributed by atoms with E-state index in [0.29, 0.717) is 25.1 Å². The average Bonchev–Trinajstić information content (AvgIpc) is 2.72. The van der Waals surface area contributed by atoms with Crippen molar-refractivity contribution in [3.63, 3.8) is 0 Å². The van der Waals surface area contributed by atoms with Crippen LogP contribution < -0.4 is 20.7 Å². The normalized spacial score (nSPS) is 16.3. The molecule has 30 heavy (non-hydrogen) atoms. The standard InChI is InChI=1S/C22H36FN5O2/c1-6-25-20(29)22(2,3)15-26-21(24-4)27-17-9-11-28(12-10-17)14-16-7-8-19(30-5)18(23)13-16/h7-8,13,17H,6,9-12,14-15H2,1-5H3,(H,25,29)(H2,24,26,27). The predicted molar refractivity (Wildman–Crippen MR) is 118 cm³/mol. The lowest BCUT2D eigenvalue weighted by molar-refractivity contribution is -0.128. The van der Waals surface area contributed by atoms with E-state index >= 15 is 0 Å².